The largest absolute Gasteiger partial charge is 0.320 e. The lowest BCUT2D eigenvalue weighted by atomic mass is 9.73. The maximum absolute atomic E-state index is 13.9. The Morgan fingerprint density at radius 3 is 1.94 bits per heavy atom. The van der Waals surface area contributed by atoms with Gasteiger partial charge in [-0.3, -0.25) is 9.69 Å². The molecule has 0 aliphatic carbocycles. The van der Waals surface area contributed by atoms with Crippen LogP contribution < -0.4 is 5.32 Å². The summed E-state index contributed by atoms with van der Waals surface area (Å²) in [5, 5.41) is 12.6. The first-order valence-corrected chi connectivity index (χ1v) is 10.5. The zero-order chi connectivity index (χ0) is 23.0. The van der Waals surface area contributed by atoms with E-state index in [-0.39, 0.29) is 6.54 Å². The lowest BCUT2D eigenvalue weighted by molar-refractivity contribution is -0.117. The predicted molar refractivity (Wildman–Crippen MR) is 121 cm³/mol. The summed E-state index contributed by atoms with van der Waals surface area (Å²) in [5.41, 5.74) is 0.420. The number of anilines is 1. The van der Waals surface area contributed by atoms with E-state index < -0.39 is 28.6 Å². The molecule has 0 unspecified atom stereocenters. The van der Waals surface area contributed by atoms with E-state index in [0.717, 1.165) is 23.3 Å². The van der Waals surface area contributed by atoms with Crippen molar-refractivity contribution in [2.45, 2.75) is 18.8 Å². The van der Waals surface area contributed by atoms with Crippen LogP contribution in [0, 0.1) is 23.0 Å². The molecule has 0 atom stereocenters. The SMILES string of the molecule is CCN(CCC(C#N)(c1ccccc1)c1ccccc1)CC(=O)Nc1c(F)cccc1F. The molecule has 0 spiro atoms. The minimum absolute atomic E-state index is 0.0463. The fourth-order valence-electron chi connectivity index (χ4n) is 3.76. The highest BCUT2D eigenvalue weighted by Gasteiger charge is 2.34. The van der Waals surface area contributed by atoms with Crippen LogP contribution in [0.2, 0.25) is 0 Å². The Balaban J connectivity index is 1.77. The van der Waals surface area contributed by atoms with Gasteiger partial charge in [-0.05, 0) is 36.2 Å². The molecule has 0 radical (unpaired) electrons. The van der Waals surface area contributed by atoms with Crippen molar-refractivity contribution in [2.24, 2.45) is 0 Å². The Kier molecular flexibility index (Phi) is 7.69. The number of carbonyl (C=O) groups excluding carboxylic acids is 1. The zero-order valence-electron chi connectivity index (χ0n) is 17.9. The molecule has 0 saturated heterocycles. The number of halogens is 2. The average Bonchev–Trinajstić information content (AvgIpc) is 2.83. The normalized spacial score (nSPS) is 11.2. The van der Waals surface area contributed by atoms with E-state index in [2.05, 4.69) is 11.4 Å². The summed E-state index contributed by atoms with van der Waals surface area (Å²) in [7, 11) is 0. The first-order valence-electron chi connectivity index (χ1n) is 10.5. The lowest BCUT2D eigenvalue weighted by Crippen LogP contribution is -2.38. The minimum atomic E-state index is -0.885. The molecule has 0 aromatic heterocycles. The molecule has 0 aliphatic rings. The molecule has 4 nitrogen and oxygen atoms in total. The fourth-order valence-corrected chi connectivity index (χ4v) is 3.76. The van der Waals surface area contributed by atoms with Gasteiger partial charge in [-0.15, -0.1) is 0 Å². The maximum atomic E-state index is 13.9. The van der Waals surface area contributed by atoms with Gasteiger partial charge in [0.05, 0.1) is 12.6 Å². The van der Waals surface area contributed by atoms with Gasteiger partial charge in [-0.25, -0.2) is 8.78 Å². The van der Waals surface area contributed by atoms with Gasteiger partial charge in [0.1, 0.15) is 22.7 Å². The van der Waals surface area contributed by atoms with Crippen molar-refractivity contribution in [1.29, 1.82) is 5.26 Å². The summed E-state index contributed by atoms with van der Waals surface area (Å²) in [4.78, 5) is 14.3. The van der Waals surface area contributed by atoms with Crippen LogP contribution in [-0.2, 0) is 10.2 Å². The fraction of sp³-hybridized carbons (Fsp3) is 0.231. The third kappa shape index (κ3) is 5.19. The van der Waals surface area contributed by atoms with Crippen LogP contribution in [0.1, 0.15) is 24.5 Å². The van der Waals surface area contributed by atoms with Gasteiger partial charge in [0, 0.05) is 6.54 Å². The van der Waals surface area contributed by atoms with Gasteiger partial charge in [0.15, 0.2) is 0 Å². The Hall–Kier alpha value is -3.56. The molecule has 164 valence electrons. The standard InChI is InChI=1S/C26H25F2N3O/c1-2-31(18-24(32)30-25-22(27)14-9-15-23(25)28)17-16-26(19-29,20-10-5-3-6-11-20)21-12-7-4-8-13-21/h3-15H,2,16-18H2,1H3,(H,30,32). The summed E-state index contributed by atoms with van der Waals surface area (Å²) in [6.07, 6.45) is 0.451. The second kappa shape index (κ2) is 10.7. The molecule has 3 aromatic carbocycles. The summed E-state index contributed by atoms with van der Waals surface area (Å²) in [6, 6.07) is 25.1. The number of hydrogen-bond acceptors (Lipinski definition) is 3. The molecule has 1 amide bonds. The highest BCUT2D eigenvalue weighted by atomic mass is 19.1. The quantitative estimate of drug-likeness (QED) is 0.509. The van der Waals surface area contributed by atoms with Gasteiger partial charge in [0.25, 0.3) is 0 Å². The molecule has 3 rings (SSSR count). The number of amides is 1. The summed E-state index contributed by atoms with van der Waals surface area (Å²) in [6.45, 7) is 2.84. The van der Waals surface area contributed by atoms with Crippen LogP contribution in [-0.4, -0.2) is 30.4 Å². The Bertz CT molecular complexity index is 1020. The molecule has 0 saturated carbocycles. The maximum Gasteiger partial charge on any atom is 0.238 e. The summed E-state index contributed by atoms with van der Waals surface area (Å²) in [5.74, 6) is -2.16. The highest BCUT2D eigenvalue weighted by molar-refractivity contribution is 5.92. The van der Waals surface area contributed by atoms with Crippen LogP contribution in [0.5, 0.6) is 0 Å². The van der Waals surface area contributed by atoms with Gasteiger partial charge in [0.2, 0.25) is 5.91 Å². The van der Waals surface area contributed by atoms with Crippen LogP contribution in [0.3, 0.4) is 0 Å². The Labute approximate surface area is 187 Å². The van der Waals surface area contributed by atoms with Crippen molar-refractivity contribution in [1.82, 2.24) is 4.90 Å². The van der Waals surface area contributed by atoms with E-state index in [9.17, 15) is 18.8 Å². The van der Waals surface area contributed by atoms with Gasteiger partial charge in [-0.2, -0.15) is 5.26 Å². The first kappa shape index (κ1) is 23.1. The van der Waals surface area contributed by atoms with Crippen LogP contribution in [0.15, 0.2) is 78.9 Å². The van der Waals surface area contributed by atoms with Gasteiger partial charge < -0.3 is 5.32 Å². The van der Waals surface area contributed by atoms with Gasteiger partial charge in [-0.1, -0.05) is 73.7 Å². The van der Waals surface area contributed by atoms with Crippen molar-refractivity contribution in [3.8, 4) is 6.07 Å². The second-order valence-electron chi connectivity index (χ2n) is 7.51. The molecule has 0 fully saturated rings. The number of carbonyl (C=O) groups is 1. The number of benzene rings is 3. The van der Waals surface area contributed by atoms with Crippen LogP contribution in [0.4, 0.5) is 14.5 Å². The molecule has 0 heterocycles. The number of likely N-dealkylation sites (N-methyl/N-ethyl adjacent to an activating group) is 1. The number of hydrogen-bond donors (Lipinski definition) is 1. The van der Waals surface area contributed by atoms with Crippen LogP contribution in [0.25, 0.3) is 0 Å². The molecule has 32 heavy (non-hydrogen) atoms. The van der Waals surface area contributed by atoms with E-state index in [1.807, 2.05) is 72.5 Å². The number of nitrogens with one attached hydrogen (secondary N) is 1. The van der Waals surface area contributed by atoms with Crippen molar-refractivity contribution in [3.63, 3.8) is 0 Å². The first-order chi connectivity index (χ1) is 15.5. The summed E-state index contributed by atoms with van der Waals surface area (Å²) >= 11 is 0. The molecule has 0 aliphatic heterocycles. The molecule has 0 bridgehead atoms. The number of nitrogens with zero attached hydrogens (tertiary/aromatic N) is 2. The molecular weight excluding hydrogens is 408 g/mol. The Morgan fingerprint density at radius 1 is 0.938 bits per heavy atom. The second-order valence-corrected chi connectivity index (χ2v) is 7.51. The topological polar surface area (TPSA) is 56.1 Å². The third-order valence-corrected chi connectivity index (χ3v) is 5.57. The molecular formula is C26H25F2N3O. The van der Waals surface area contributed by atoms with Crippen molar-refractivity contribution >= 4 is 11.6 Å². The molecule has 1 N–H and O–H groups in total. The number of nitriles is 1. The third-order valence-electron chi connectivity index (χ3n) is 5.57. The van der Waals surface area contributed by atoms with E-state index in [4.69, 9.17) is 0 Å². The van der Waals surface area contributed by atoms with Crippen LogP contribution >= 0.6 is 0 Å². The zero-order valence-corrected chi connectivity index (χ0v) is 17.9. The van der Waals surface area contributed by atoms with E-state index in [1.165, 1.54) is 6.07 Å². The smallest absolute Gasteiger partial charge is 0.238 e. The molecule has 3 aromatic rings. The average molecular weight is 434 g/mol. The number of rotatable bonds is 9. The minimum Gasteiger partial charge on any atom is -0.320 e. The van der Waals surface area contributed by atoms with Crippen molar-refractivity contribution in [2.75, 3.05) is 25.0 Å². The van der Waals surface area contributed by atoms with Gasteiger partial charge >= 0.3 is 0 Å². The predicted octanol–water partition coefficient (Wildman–Crippen LogP) is 5.13. The summed E-state index contributed by atoms with van der Waals surface area (Å²) < 4.78 is 27.7. The lowest BCUT2D eigenvalue weighted by Gasteiger charge is -2.31. The van der Waals surface area contributed by atoms with Crippen molar-refractivity contribution < 1.29 is 13.6 Å². The monoisotopic (exact) mass is 433 g/mol. The van der Waals surface area contributed by atoms with E-state index in [0.29, 0.717) is 19.5 Å². The van der Waals surface area contributed by atoms with E-state index in [1.54, 1.807) is 0 Å². The number of para-hydroxylation sites is 1. The highest BCUT2D eigenvalue weighted by Crippen LogP contribution is 2.35. The van der Waals surface area contributed by atoms with E-state index >= 15 is 0 Å². The Morgan fingerprint density at radius 2 is 1.47 bits per heavy atom. The molecule has 6 heteroatoms. The van der Waals surface area contributed by atoms with Crippen molar-refractivity contribution in [3.05, 3.63) is 102 Å².